The van der Waals surface area contributed by atoms with E-state index < -0.39 is 17.6 Å². The summed E-state index contributed by atoms with van der Waals surface area (Å²) < 4.78 is 39.2. The minimum atomic E-state index is -4.56. The number of nitrogens with zero attached hydrogens (tertiary/aromatic N) is 2. The van der Waals surface area contributed by atoms with E-state index in [4.69, 9.17) is 11.6 Å². The lowest BCUT2D eigenvalue weighted by atomic mass is 10.1. The monoisotopic (exact) mass is 481 g/mol. The van der Waals surface area contributed by atoms with Crippen LogP contribution in [0.4, 0.5) is 18.9 Å². The number of amides is 2. The summed E-state index contributed by atoms with van der Waals surface area (Å²) in [4.78, 5) is 40.3. The SMILES string of the molecule is O=C(CN1CCN(C(=O)CCC(=O)c2ccc(Cl)cc2)CC1)Nc1ccccc1C(F)(F)F. The molecule has 0 saturated carbocycles. The van der Waals surface area contributed by atoms with E-state index in [0.29, 0.717) is 36.8 Å². The molecule has 1 aliphatic heterocycles. The fraction of sp³-hybridized carbons (Fsp3) is 0.348. The Bertz CT molecular complexity index is 1000. The van der Waals surface area contributed by atoms with Gasteiger partial charge in [0.05, 0.1) is 17.8 Å². The molecule has 6 nitrogen and oxygen atoms in total. The normalized spacial score (nSPS) is 14.7. The summed E-state index contributed by atoms with van der Waals surface area (Å²) in [6.45, 7) is 1.49. The van der Waals surface area contributed by atoms with Crippen molar-refractivity contribution >= 4 is 34.9 Å². The smallest absolute Gasteiger partial charge is 0.340 e. The molecule has 1 N–H and O–H groups in total. The van der Waals surface area contributed by atoms with Crippen LogP contribution in [-0.2, 0) is 15.8 Å². The van der Waals surface area contributed by atoms with E-state index in [2.05, 4.69) is 5.32 Å². The minimum Gasteiger partial charge on any atom is -0.340 e. The third-order valence-corrected chi connectivity index (χ3v) is 5.58. The van der Waals surface area contributed by atoms with Crippen LogP contribution in [-0.4, -0.2) is 60.1 Å². The summed E-state index contributed by atoms with van der Waals surface area (Å²) in [5.41, 5.74) is -0.689. The molecule has 2 aromatic carbocycles. The molecule has 176 valence electrons. The van der Waals surface area contributed by atoms with Crippen LogP contribution in [0.3, 0.4) is 0 Å². The zero-order valence-corrected chi connectivity index (χ0v) is 18.5. The molecular formula is C23H23ClF3N3O3. The molecule has 0 bridgehead atoms. The molecule has 0 unspecified atom stereocenters. The lowest BCUT2D eigenvalue weighted by molar-refractivity contribution is -0.137. The van der Waals surface area contributed by atoms with Crippen molar-refractivity contribution in [2.24, 2.45) is 0 Å². The molecule has 0 radical (unpaired) electrons. The summed E-state index contributed by atoms with van der Waals surface area (Å²) in [5.74, 6) is -0.852. The molecule has 0 atom stereocenters. The molecule has 0 aromatic heterocycles. The summed E-state index contributed by atoms with van der Waals surface area (Å²) in [7, 11) is 0. The molecule has 1 heterocycles. The third-order valence-electron chi connectivity index (χ3n) is 5.33. The highest BCUT2D eigenvalue weighted by atomic mass is 35.5. The van der Waals surface area contributed by atoms with Crippen molar-refractivity contribution in [1.29, 1.82) is 0 Å². The quantitative estimate of drug-likeness (QED) is 0.604. The van der Waals surface area contributed by atoms with Gasteiger partial charge in [0.1, 0.15) is 0 Å². The number of hydrogen-bond acceptors (Lipinski definition) is 4. The maximum absolute atomic E-state index is 13.1. The average Bonchev–Trinajstić information content (AvgIpc) is 2.78. The molecule has 33 heavy (non-hydrogen) atoms. The molecule has 2 amide bonds. The predicted octanol–water partition coefficient (Wildman–Crippen LogP) is 4.10. The Labute approximate surface area is 194 Å². The standard InChI is InChI=1S/C23H23ClF3N3O3/c24-17-7-5-16(6-8-17)20(31)9-10-22(33)30-13-11-29(12-14-30)15-21(32)28-19-4-2-1-3-18(19)23(25,26)27/h1-8H,9-15H2,(H,28,32). The number of ketones is 1. The van der Waals surface area contributed by atoms with Crippen molar-refractivity contribution in [3.05, 3.63) is 64.7 Å². The zero-order chi connectivity index (χ0) is 24.0. The van der Waals surface area contributed by atoms with Crippen LogP contribution >= 0.6 is 11.6 Å². The topological polar surface area (TPSA) is 69.7 Å². The van der Waals surface area contributed by atoms with Crippen molar-refractivity contribution in [3.8, 4) is 0 Å². The summed E-state index contributed by atoms with van der Waals surface area (Å²) in [5, 5.41) is 2.85. The highest BCUT2D eigenvalue weighted by molar-refractivity contribution is 6.30. The fourth-order valence-electron chi connectivity index (χ4n) is 3.55. The second-order valence-corrected chi connectivity index (χ2v) is 8.11. The van der Waals surface area contributed by atoms with Gasteiger partial charge >= 0.3 is 6.18 Å². The first kappa shape index (κ1) is 24.7. The van der Waals surface area contributed by atoms with E-state index in [1.807, 2.05) is 0 Å². The van der Waals surface area contributed by atoms with E-state index in [0.717, 1.165) is 6.07 Å². The first-order valence-electron chi connectivity index (χ1n) is 10.4. The van der Waals surface area contributed by atoms with Crippen LogP contribution in [0.2, 0.25) is 5.02 Å². The lowest BCUT2D eigenvalue weighted by Crippen LogP contribution is -2.50. The lowest BCUT2D eigenvalue weighted by Gasteiger charge is -2.34. The number of benzene rings is 2. The molecule has 1 aliphatic rings. The fourth-order valence-corrected chi connectivity index (χ4v) is 3.67. The Balaban J connectivity index is 1.43. The van der Waals surface area contributed by atoms with E-state index in [9.17, 15) is 27.6 Å². The number of hydrogen-bond donors (Lipinski definition) is 1. The predicted molar refractivity (Wildman–Crippen MR) is 118 cm³/mol. The second kappa shape index (κ2) is 10.8. The average molecular weight is 482 g/mol. The van der Waals surface area contributed by atoms with Gasteiger partial charge in [0.2, 0.25) is 11.8 Å². The molecule has 1 saturated heterocycles. The van der Waals surface area contributed by atoms with Crippen LogP contribution in [0.5, 0.6) is 0 Å². The molecule has 3 rings (SSSR count). The van der Waals surface area contributed by atoms with Gasteiger partial charge in [0.25, 0.3) is 0 Å². The van der Waals surface area contributed by atoms with Crippen molar-refractivity contribution < 1.29 is 27.6 Å². The largest absolute Gasteiger partial charge is 0.418 e. The highest BCUT2D eigenvalue weighted by Gasteiger charge is 2.33. The maximum Gasteiger partial charge on any atom is 0.418 e. The summed E-state index contributed by atoms with van der Waals surface area (Å²) in [6, 6.07) is 11.3. The van der Waals surface area contributed by atoms with Gasteiger partial charge in [0, 0.05) is 49.6 Å². The zero-order valence-electron chi connectivity index (χ0n) is 17.7. The van der Waals surface area contributed by atoms with Gasteiger partial charge in [-0.05, 0) is 36.4 Å². The molecule has 0 spiro atoms. The van der Waals surface area contributed by atoms with E-state index in [1.165, 1.54) is 18.2 Å². The van der Waals surface area contributed by atoms with Crippen molar-refractivity contribution in [1.82, 2.24) is 9.80 Å². The number of rotatable bonds is 7. The van der Waals surface area contributed by atoms with Gasteiger partial charge in [-0.15, -0.1) is 0 Å². The summed E-state index contributed by atoms with van der Waals surface area (Å²) in [6.07, 6.45) is -4.40. The summed E-state index contributed by atoms with van der Waals surface area (Å²) >= 11 is 5.81. The van der Waals surface area contributed by atoms with Gasteiger partial charge in [-0.25, -0.2) is 0 Å². The Morgan fingerprint density at radius 3 is 2.18 bits per heavy atom. The molecule has 2 aromatic rings. The Kier molecular flexibility index (Phi) is 8.10. The van der Waals surface area contributed by atoms with Gasteiger partial charge in [-0.3, -0.25) is 19.3 Å². The van der Waals surface area contributed by atoms with E-state index in [-0.39, 0.29) is 36.8 Å². The Hall–Kier alpha value is -2.91. The number of anilines is 1. The maximum atomic E-state index is 13.1. The van der Waals surface area contributed by atoms with E-state index in [1.54, 1.807) is 34.1 Å². The number of para-hydroxylation sites is 1. The van der Waals surface area contributed by atoms with Crippen molar-refractivity contribution in [2.45, 2.75) is 19.0 Å². The van der Waals surface area contributed by atoms with Crippen molar-refractivity contribution in [3.63, 3.8) is 0 Å². The van der Waals surface area contributed by atoms with Crippen LogP contribution in [0, 0.1) is 0 Å². The van der Waals surface area contributed by atoms with Crippen LogP contribution in [0.25, 0.3) is 0 Å². The second-order valence-electron chi connectivity index (χ2n) is 7.68. The number of nitrogens with one attached hydrogen (secondary N) is 1. The minimum absolute atomic E-state index is 0.0795. The first-order valence-corrected chi connectivity index (χ1v) is 10.8. The molecular weight excluding hydrogens is 459 g/mol. The number of alkyl halides is 3. The van der Waals surface area contributed by atoms with Gasteiger partial charge in [-0.1, -0.05) is 23.7 Å². The van der Waals surface area contributed by atoms with Crippen LogP contribution < -0.4 is 5.32 Å². The Morgan fingerprint density at radius 2 is 1.55 bits per heavy atom. The number of carbonyl (C=O) groups is 3. The van der Waals surface area contributed by atoms with Gasteiger partial charge < -0.3 is 10.2 Å². The molecule has 1 fully saturated rings. The van der Waals surface area contributed by atoms with Crippen molar-refractivity contribution in [2.75, 3.05) is 38.0 Å². The van der Waals surface area contributed by atoms with Crippen LogP contribution in [0.1, 0.15) is 28.8 Å². The third kappa shape index (κ3) is 7.03. The first-order chi connectivity index (χ1) is 15.6. The number of halogens is 4. The number of carbonyl (C=O) groups excluding carboxylic acids is 3. The number of Topliss-reactive ketones (excluding diaryl/α,β-unsaturated/α-hetero) is 1. The van der Waals surface area contributed by atoms with Gasteiger partial charge in [0.15, 0.2) is 5.78 Å². The highest BCUT2D eigenvalue weighted by Crippen LogP contribution is 2.34. The van der Waals surface area contributed by atoms with Crippen LogP contribution in [0.15, 0.2) is 48.5 Å². The molecule has 0 aliphatic carbocycles. The number of piperazine rings is 1. The Morgan fingerprint density at radius 1 is 0.909 bits per heavy atom. The van der Waals surface area contributed by atoms with Gasteiger partial charge in [-0.2, -0.15) is 13.2 Å². The van der Waals surface area contributed by atoms with E-state index >= 15 is 0 Å². The molecule has 10 heteroatoms.